The predicted octanol–water partition coefficient (Wildman–Crippen LogP) is 1.16. The summed E-state index contributed by atoms with van der Waals surface area (Å²) < 4.78 is 13.4. The van der Waals surface area contributed by atoms with Gasteiger partial charge in [0.05, 0.1) is 5.56 Å². The second-order valence-electron chi connectivity index (χ2n) is 4.39. The van der Waals surface area contributed by atoms with Gasteiger partial charge in [-0.05, 0) is 24.5 Å². The molecule has 6 heteroatoms. The Morgan fingerprint density at radius 1 is 1.56 bits per heavy atom. The summed E-state index contributed by atoms with van der Waals surface area (Å²) in [6.07, 6.45) is 1.85. The van der Waals surface area contributed by atoms with Crippen molar-refractivity contribution >= 4 is 11.9 Å². The number of carboxylic acid groups (broad SMARTS) is 1. The first-order valence-corrected chi connectivity index (χ1v) is 5.66. The number of nitrogens with zero attached hydrogens (tertiary/aromatic N) is 2. The van der Waals surface area contributed by atoms with Crippen LogP contribution in [-0.4, -0.2) is 39.5 Å². The number of amides is 1. The summed E-state index contributed by atoms with van der Waals surface area (Å²) in [5.41, 5.74) is -0.183. The van der Waals surface area contributed by atoms with Crippen molar-refractivity contribution in [3.63, 3.8) is 0 Å². The van der Waals surface area contributed by atoms with Crippen LogP contribution in [0.3, 0.4) is 0 Å². The Morgan fingerprint density at radius 3 is 2.89 bits per heavy atom. The standard InChI is InChI=1S/C12H13FN2O3/c1-7-4-6-15(9(7)12(17)18)11(16)8-3-2-5-14-10(8)13/h2-3,5,7,9H,4,6H2,1H3,(H,17,18). The number of halogens is 1. The van der Waals surface area contributed by atoms with E-state index in [0.717, 1.165) is 0 Å². The average Bonchev–Trinajstić information content (AvgIpc) is 2.71. The van der Waals surface area contributed by atoms with Gasteiger partial charge in [-0.1, -0.05) is 6.92 Å². The maximum absolute atomic E-state index is 13.4. The van der Waals surface area contributed by atoms with Crippen LogP contribution in [0, 0.1) is 11.9 Å². The van der Waals surface area contributed by atoms with Gasteiger partial charge in [-0.3, -0.25) is 4.79 Å². The number of likely N-dealkylation sites (tertiary alicyclic amines) is 1. The van der Waals surface area contributed by atoms with Gasteiger partial charge in [0.2, 0.25) is 5.95 Å². The molecule has 0 saturated carbocycles. The van der Waals surface area contributed by atoms with Crippen LogP contribution < -0.4 is 0 Å². The number of carbonyl (C=O) groups excluding carboxylic acids is 1. The van der Waals surface area contributed by atoms with Crippen LogP contribution in [0.25, 0.3) is 0 Å². The van der Waals surface area contributed by atoms with E-state index < -0.39 is 23.9 Å². The van der Waals surface area contributed by atoms with Gasteiger partial charge in [-0.25, -0.2) is 9.78 Å². The van der Waals surface area contributed by atoms with Crippen LogP contribution >= 0.6 is 0 Å². The van der Waals surface area contributed by atoms with Crippen molar-refractivity contribution in [1.29, 1.82) is 0 Å². The molecule has 1 amide bonds. The second-order valence-corrected chi connectivity index (χ2v) is 4.39. The molecule has 2 heterocycles. The van der Waals surface area contributed by atoms with Crippen molar-refractivity contribution in [3.05, 3.63) is 29.8 Å². The molecule has 18 heavy (non-hydrogen) atoms. The molecule has 1 fully saturated rings. The fourth-order valence-electron chi connectivity index (χ4n) is 2.25. The third kappa shape index (κ3) is 2.05. The largest absolute Gasteiger partial charge is 0.480 e. The maximum Gasteiger partial charge on any atom is 0.326 e. The van der Waals surface area contributed by atoms with E-state index in [1.165, 1.54) is 23.2 Å². The van der Waals surface area contributed by atoms with E-state index >= 15 is 0 Å². The molecule has 0 bridgehead atoms. The van der Waals surface area contributed by atoms with Gasteiger partial charge in [0.15, 0.2) is 0 Å². The molecule has 1 aromatic rings. The van der Waals surface area contributed by atoms with Gasteiger partial charge in [-0.2, -0.15) is 4.39 Å². The van der Waals surface area contributed by atoms with E-state index in [2.05, 4.69) is 4.98 Å². The smallest absolute Gasteiger partial charge is 0.326 e. The van der Waals surface area contributed by atoms with Crippen LogP contribution in [0.1, 0.15) is 23.7 Å². The lowest BCUT2D eigenvalue weighted by molar-refractivity contribution is -0.142. The van der Waals surface area contributed by atoms with Crippen molar-refractivity contribution in [3.8, 4) is 0 Å². The van der Waals surface area contributed by atoms with E-state index in [0.29, 0.717) is 13.0 Å². The molecule has 0 radical (unpaired) electrons. The highest BCUT2D eigenvalue weighted by Gasteiger charge is 2.40. The molecule has 2 rings (SSSR count). The molecule has 2 unspecified atom stereocenters. The monoisotopic (exact) mass is 252 g/mol. The van der Waals surface area contributed by atoms with Crippen molar-refractivity contribution in [2.24, 2.45) is 5.92 Å². The first-order chi connectivity index (χ1) is 8.52. The highest BCUT2D eigenvalue weighted by Crippen LogP contribution is 2.26. The molecule has 1 aromatic heterocycles. The van der Waals surface area contributed by atoms with Crippen molar-refractivity contribution in [1.82, 2.24) is 9.88 Å². The van der Waals surface area contributed by atoms with Crippen LogP contribution in [-0.2, 0) is 4.79 Å². The number of carboxylic acids is 1. The molecule has 5 nitrogen and oxygen atoms in total. The topological polar surface area (TPSA) is 70.5 Å². The molecule has 0 aromatic carbocycles. The zero-order valence-electron chi connectivity index (χ0n) is 9.84. The summed E-state index contributed by atoms with van der Waals surface area (Å²) in [5.74, 6) is -2.67. The lowest BCUT2D eigenvalue weighted by atomic mass is 10.0. The third-order valence-corrected chi connectivity index (χ3v) is 3.20. The molecule has 1 saturated heterocycles. The van der Waals surface area contributed by atoms with Gasteiger partial charge in [0.25, 0.3) is 5.91 Å². The van der Waals surface area contributed by atoms with E-state index in [-0.39, 0.29) is 11.5 Å². The van der Waals surface area contributed by atoms with Crippen molar-refractivity contribution < 1.29 is 19.1 Å². The van der Waals surface area contributed by atoms with Crippen molar-refractivity contribution in [2.75, 3.05) is 6.54 Å². The number of hydrogen-bond acceptors (Lipinski definition) is 3. The molecule has 2 atom stereocenters. The highest BCUT2D eigenvalue weighted by atomic mass is 19.1. The van der Waals surface area contributed by atoms with Gasteiger partial charge < -0.3 is 10.0 Å². The Kier molecular flexibility index (Phi) is 3.27. The van der Waals surface area contributed by atoms with Gasteiger partial charge in [0.1, 0.15) is 6.04 Å². The van der Waals surface area contributed by atoms with Crippen LogP contribution in [0.2, 0.25) is 0 Å². The first kappa shape index (κ1) is 12.5. The molecular formula is C12H13FN2O3. The van der Waals surface area contributed by atoms with E-state index in [1.54, 1.807) is 6.92 Å². The second kappa shape index (κ2) is 4.72. The average molecular weight is 252 g/mol. The zero-order valence-corrected chi connectivity index (χ0v) is 9.84. The molecular weight excluding hydrogens is 239 g/mol. The maximum atomic E-state index is 13.4. The predicted molar refractivity (Wildman–Crippen MR) is 60.4 cm³/mol. The minimum absolute atomic E-state index is 0.133. The van der Waals surface area contributed by atoms with E-state index in [9.17, 15) is 14.0 Å². The van der Waals surface area contributed by atoms with Gasteiger partial charge in [0, 0.05) is 12.7 Å². The first-order valence-electron chi connectivity index (χ1n) is 5.66. The number of rotatable bonds is 2. The van der Waals surface area contributed by atoms with Crippen molar-refractivity contribution in [2.45, 2.75) is 19.4 Å². The number of hydrogen-bond donors (Lipinski definition) is 1. The summed E-state index contributed by atoms with van der Waals surface area (Å²) in [6, 6.07) is 1.87. The van der Waals surface area contributed by atoms with Crippen LogP contribution in [0.15, 0.2) is 18.3 Å². The summed E-state index contributed by atoms with van der Waals surface area (Å²) in [5, 5.41) is 9.12. The lowest BCUT2D eigenvalue weighted by Gasteiger charge is -2.23. The zero-order chi connectivity index (χ0) is 13.3. The number of carbonyl (C=O) groups is 2. The summed E-state index contributed by atoms with van der Waals surface area (Å²) in [6.45, 7) is 2.09. The summed E-state index contributed by atoms with van der Waals surface area (Å²) >= 11 is 0. The quantitative estimate of drug-likeness (QED) is 0.802. The minimum Gasteiger partial charge on any atom is -0.480 e. The summed E-state index contributed by atoms with van der Waals surface area (Å²) in [7, 11) is 0. The number of aromatic nitrogens is 1. The van der Waals surface area contributed by atoms with Gasteiger partial charge in [-0.15, -0.1) is 0 Å². The fourth-order valence-corrected chi connectivity index (χ4v) is 2.25. The summed E-state index contributed by atoms with van der Waals surface area (Å²) in [4.78, 5) is 27.9. The normalized spacial score (nSPS) is 23.1. The molecule has 1 aliphatic heterocycles. The van der Waals surface area contributed by atoms with Crippen LogP contribution in [0.5, 0.6) is 0 Å². The molecule has 96 valence electrons. The molecule has 0 spiro atoms. The molecule has 1 N–H and O–H groups in total. The van der Waals surface area contributed by atoms with Crippen LogP contribution in [0.4, 0.5) is 4.39 Å². The van der Waals surface area contributed by atoms with E-state index in [1.807, 2.05) is 0 Å². The number of aliphatic carboxylic acids is 1. The Morgan fingerprint density at radius 2 is 2.28 bits per heavy atom. The lowest BCUT2D eigenvalue weighted by Crippen LogP contribution is -2.43. The highest BCUT2D eigenvalue weighted by molar-refractivity contribution is 5.97. The SMILES string of the molecule is CC1CCN(C(=O)c2cccnc2F)C1C(=O)O. The third-order valence-electron chi connectivity index (χ3n) is 3.20. The Bertz CT molecular complexity index is 492. The van der Waals surface area contributed by atoms with Gasteiger partial charge >= 0.3 is 5.97 Å². The minimum atomic E-state index is -1.06. The Hall–Kier alpha value is -1.98. The van der Waals surface area contributed by atoms with E-state index in [4.69, 9.17) is 5.11 Å². The molecule has 0 aliphatic carbocycles. The molecule has 1 aliphatic rings. The number of pyridine rings is 1. The fraction of sp³-hybridized carbons (Fsp3) is 0.417. The Labute approximate surface area is 103 Å². The Balaban J connectivity index is 2.29.